The van der Waals surface area contributed by atoms with E-state index in [1.54, 1.807) is 0 Å². The van der Waals surface area contributed by atoms with Crippen LogP contribution in [0.5, 0.6) is 0 Å². The van der Waals surface area contributed by atoms with Gasteiger partial charge in [0, 0.05) is 0 Å². The molecule has 0 spiro atoms. The van der Waals surface area contributed by atoms with Crippen LogP contribution >= 0.6 is 12.6 Å². The third-order valence-electron chi connectivity index (χ3n) is 2.59. The average molecular weight is 217 g/mol. The van der Waals surface area contributed by atoms with Crippen LogP contribution in [0, 0.1) is 17.3 Å². The topological polar surface area (TPSA) is 12.0 Å². The molecule has 0 aliphatic carbocycles. The summed E-state index contributed by atoms with van der Waals surface area (Å²) in [5.74, 6) is 2.68. The smallest absolute Gasteiger partial charge is 0.000946 e. The Morgan fingerprint density at radius 2 is 1.64 bits per heavy atom. The largest absolute Gasteiger partial charge is 0.316 e. The van der Waals surface area contributed by atoms with E-state index in [0.29, 0.717) is 5.41 Å². The van der Waals surface area contributed by atoms with Crippen molar-refractivity contribution in [2.45, 2.75) is 41.0 Å². The highest BCUT2D eigenvalue weighted by Gasteiger charge is 2.29. The van der Waals surface area contributed by atoms with Crippen LogP contribution < -0.4 is 5.32 Å². The standard InChI is InChI=1S/C10H21NS.C2H6/c1-10(2,3)4-8-5-11-6-9(8)7-12;1-2/h8-9,11-12H,4-7H2,1-3H3;1-2H3. The molecule has 0 bridgehead atoms. The van der Waals surface area contributed by atoms with Crippen molar-refractivity contribution in [2.24, 2.45) is 17.3 Å². The fraction of sp³-hybridized carbons (Fsp3) is 1.00. The second kappa shape index (κ2) is 6.73. The molecule has 0 aromatic carbocycles. The first-order valence-electron chi connectivity index (χ1n) is 5.84. The molecule has 1 N–H and O–H groups in total. The summed E-state index contributed by atoms with van der Waals surface area (Å²) < 4.78 is 0. The van der Waals surface area contributed by atoms with E-state index in [2.05, 4.69) is 38.7 Å². The number of thiol groups is 1. The van der Waals surface area contributed by atoms with Gasteiger partial charge in [0.2, 0.25) is 0 Å². The van der Waals surface area contributed by atoms with Crippen LogP contribution in [0.25, 0.3) is 0 Å². The lowest BCUT2D eigenvalue weighted by molar-refractivity contribution is 0.274. The highest BCUT2D eigenvalue weighted by molar-refractivity contribution is 7.80. The lowest BCUT2D eigenvalue weighted by Crippen LogP contribution is -2.20. The van der Waals surface area contributed by atoms with Crippen molar-refractivity contribution in [2.75, 3.05) is 18.8 Å². The molecule has 2 atom stereocenters. The monoisotopic (exact) mass is 217 g/mol. The lowest BCUT2D eigenvalue weighted by atomic mass is 9.81. The SMILES string of the molecule is CC.CC(C)(C)CC1CNCC1CS. The van der Waals surface area contributed by atoms with E-state index in [0.717, 1.165) is 17.6 Å². The molecular formula is C12H27NS. The van der Waals surface area contributed by atoms with Crippen molar-refractivity contribution in [3.63, 3.8) is 0 Å². The molecule has 1 aliphatic heterocycles. The highest BCUT2D eigenvalue weighted by Crippen LogP contribution is 2.31. The van der Waals surface area contributed by atoms with E-state index < -0.39 is 0 Å². The quantitative estimate of drug-likeness (QED) is 0.677. The molecule has 1 rings (SSSR count). The minimum atomic E-state index is 0.470. The lowest BCUT2D eigenvalue weighted by Gasteiger charge is -2.25. The van der Waals surface area contributed by atoms with Gasteiger partial charge in [0.25, 0.3) is 0 Å². The normalized spacial score (nSPS) is 27.0. The van der Waals surface area contributed by atoms with Crippen molar-refractivity contribution in [1.29, 1.82) is 0 Å². The van der Waals surface area contributed by atoms with E-state index in [1.807, 2.05) is 13.8 Å². The van der Waals surface area contributed by atoms with Crippen molar-refractivity contribution in [3.8, 4) is 0 Å². The van der Waals surface area contributed by atoms with Crippen molar-refractivity contribution in [3.05, 3.63) is 0 Å². The summed E-state index contributed by atoms with van der Waals surface area (Å²) in [5.41, 5.74) is 0.470. The Labute approximate surface area is 95.5 Å². The van der Waals surface area contributed by atoms with Crippen molar-refractivity contribution in [1.82, 2.24) is 5.32 Å². The average Bonchev–Trinajstić information content (AvgIpc) is 2.52. The minimum absolute atomic E-state index is 0.470. The van der Waals surface area contributed by atoms with Crippen molar-refractivity contribution >= 4 is 12.6 Å². The first-order chi connectivity index (χ1) is 6.53. The van der Waals surface area contributed by atoms with Gasteiger partial charge < -0.3 is 5.32 Å². The van der Waals surface area contributed by atoms with Gasteiger partial charge in [-0.2, -0.15) is 12.6 Å². The second-order valence-electron chi connectivity index (χ2n) is 5.13. The predicted molar refractivity (Wildman–Crippen MR) is 69.1 cm³/mol. The molecule has 2 heteroatoms. The van der Waals surface area contributed by atoms with Gasteiger partial charge in [0.15, 0.2) is 0 Å². The Balaban J connectivity index is 0.000000791. The molecule has 2 unspecified atom stereocenters. The van der Waals surface area contributed by atoms with E-state index >= 15 is 0 Å². The molecule has 1 aliphatic rings. The molecule has 14 heavy (non-hydrogen) atoms. The maximum atomic E-state index is 4.38. The molecule has 0 aromatic heterocycles. The van der Waals surface area contributed by atoms with E-state index in [-0.39, 0.29) is 0 Å². The number of nitrogens with one attached hydrogen (secondary N) is 1. The molecule has 0 radical (unpaired) electrons. The Bertz CT molecular complexity index is 140. The summed E-state index contributed by atoms with van der Waals surface area (Å²) in [7, 11) is 0. The van der Waals surface area contributed by atoms with Crippen LogP contribution in [0.3, 0.4) is 0 Å². The second-order valence-corrected chi connectivity index (χ2v) is 5.49. The van der Waals surface area contributed by atoms with E-state index in [9.17, 15) is 0 Å². The van der Waals surface area contributed by atoms with Gasteiger partial charge in [-0.25, -0.2) is 0 Å². The molecule has 86 valence electrons. The molecule has 1 saturated heterocycles. The van der Waals surface area contributed by atoms with Gasteiger partial charge in [0.1, 0.15) is 0 Å². The zero-order valence-corrected chi connectivity index (χ0v) is 11.3. The first-order valence-corrected chi connectivity index (χ1v) is 6.48. The molecule has 1 nitrogen and oxygen atoms in total. The molecule has 0 saturated carbocycles. The van der Waals surface area contributed by atoms with E-state index in [1.165, 1.54) is 19.5 Å². The minimum Gasteiger partial charge on any atom is -0.316 e. The van der Waals surface area contributed by atoms with Crippen LogP contribution in [0.2, 0.25) is 0 Å². The highest BCUT2D eigenvalue weighted by atomic mass is 32.1. The third-order valence-corrected chi connectivity index (χ3v) is 3.06. The third kappa shape index (κ3) is 5.26. The van der Waals surface area contributed by atoms with Crippen LogP contribution in [-0.4, -0.2) is 18.8 Å². The van der Waals surface area contributed by atoms with Gasteiger partial charge in [-0.1, -0.05) is 34.6 Å². The summed E-state index contributed by atoms with van der Waals surface area (Å²) in [6, 6.07) is 0. The fourth-order valence-corrected chi connectivity index (χ4v) is 2.45. The molecule has 0 amide bonds. The molecule has 0 aromatic rings. The molecule has 1 heterocycles. The summed E-state index contributed by atoms with van der Waals surface area (Å²) in [6.45, 7) is 13.3. The maximum Gasteiger partial charge on any atom is -0.000946 e. The van der Waals surface area contributed by atoms with Crippen LogP contribution in [-0.2, 0) is 0 Å². The number of rotatable bonds is 2. The summed E-state index contributed by atoms with van der Waals surface area (Å²) in [5, 5.41) is 3.45. The molecule has 1 fully saturated rings. The summed E-state index contributed by atoms with van der Waals surface area (Å²) in [4.78, 5) is 0. The fourth-order valence-electron chi connectivity index (χ4n) is 2.03. The predicted octanol–water partition coefficient (Wildman–Crippen LogP) is 3.21. The Hall–Kier alpha value is 0.310. The van der Waals surface area contributed by atoms with Gasteiger partial charge >= 0.3 is 0 Å². The number of hydrogen-bond acceptors (Lipinski definition) is 2. The number of hydrogen-bond donors (Lipinski definition) is 2. The van der Waals surface area contributed by atoms with Gasteiger partial charge in [-0.15, -0.1) is 0 Å². The maximum absolute atomic E-state index is 4.38. The molecular weight excluding hydrogens is 190 g/mol. The summed E-state index contributed by atoms with van der Waals surface area (Å²) in [6.07, 6.45) is 1.32. The van der Waals surface area contributed by atoms with Gasteiger partial charge in [-0.3, -0.25) is 0 Å². The zero-order chi connectivity index (χ0) is 11.2. The van der Waals surface area contributed by atoms with E-state index in [4.69, 9.17) is 0 Å². The Kier molecular flexibility index (Phi) is 6.88. The first kappa shape index (κ1) is 14.3. The van der Waals surface area contributed by atoms with Gasteiger partial charge in [0.05, 0.1) is 0 Å². The zero-order valence-electron chi connectivity index (χ0n) is 10.4. The summed E-state index contributed by atoms with van der Waals surface area (Å²) >= 11 is 4.38. The van der Waals surface area contributed by atoms with Crippen molar-refractivity contribution < 1.29 is 0 Å². The Morgan fingerprint density at radius 1 is 1.14 bits per heavy atom. The van der Waals surface area contributed by atoms with Gasteiger partial charge in [-0.05, 0) is 42.5 Å². The van der Waals surface area contributed by atoms with Crippen LogP contribution in [0.1, 0.15) is 41.0 Å². The van der Waals surface area contributed by atoms with Crippen LogP contribution in [0.15, 0.2) is 0 Å². The van der Waals surface area contributed by atoms with Crippen LogP contribution in [0.4, 0.5) is 0 Å². The Morgan fingerprint density at radius 3 is 2.07 bits per heavy atom.